The Morgan fingerprint density at radius 2 is 1.50 bits per heavy atom. The third-order valence-corrected chi connectivity index (χ3v) is 15.1. The van der Waals surface area contributed by atoms with Gasteiger partial charge in [-0.2, -0.15) is 0 Å². The number of halogens is 1. The van der Waals surface area contributed by atoms with Gasteiger partial charge in [0, 0.05) is 91.1 Å². The molecule has 7 aliphatic rings. The number of nitrogens with zero attached hydrogens (tertiary/aromatic N) is 6. The zero-order valence-corrected chi connectivity index (χ0v) is 35.1. The third kappa shape index (κ3) is 5.70. The van der Waals surface area contributed by atoms with E-state index < -0.39 is 23.8 Å². The first kappa shape index (κ1) is 38.7. The molecule has 5 amide bonds. The van der Waals surface area contributed by atoms with E-state index in [0.29, 0.717) is 40.2 Å². The molecule has 10 rings (SSSR count). The van der Waals surface area contributed by atoms with E-state index in [0.717, 1.165) is 79.4 Å². The number of piperazine rings is 1. The van der Waals surface area contributed by atoms with Gasteiger partial charge in [-0.3, -0.25) is 39.1 Å². The van der Waals surface area contributed by atoms with E-state index >= 15 is 0 Å². The second kappa shape index (κ2) is 13.5. The average molecular weight is 830 g/mol. The summed E-state index contributed by atoms with van der Waals surface area (Å²) in [6.07, 6.45) is 3.22. The maximum Gasteiger partial charge on any atom is 0.262 e. The lowest BCUT2D eigenvalue weighted by molar-refractivity contribution is -0.199. The molecule has 3 saturated heterocycles. The molecule has 5 fully saturated rings. The minimum atomic E-state index is -0.976. The summed E-state index contributed by atoms with van der Waals surface area (Å²) in [5, 5.41) is 2.63. The Morgan fingerprint density at radius 1 is 0.800 bits per heavy atom. The lowest BCUT2D eigenvalue weighted by Crippen LogP contribution is -2.74. The summed E-state index contributed by atoms with van der Waals surface area (Å²) in [5.74, 6) is -1.27. The number of piperidine rings is 1. The smallest absolute Gasteiger partial charge is 0.262 e. The van der Waals surface area contributed by atoms with E-state index in [-0.39, 0.29) is 53.2 Å². The first-order chi connectivity index (χ1) is 28.6. The second-order valence-electron chi connectivity index (χ2n) is 18.9. The maximum atomic E-state index is 14.0. The van der Waals surface area contributed by atoms with Crippen LogP contribution in [0.5, 0.6) is 5.75 Å². The molecule has 1 unspecified atom stereocenters. The van der Waals surface area contributed by atoms with E-state index in [4.69, 9.17) is 22.9 Å². The minimum Gasteiger partial charge on any atom is -0.489 e. The topological polar surface area (TPSA) is 127 Å². The number of hydrogen-bond acceptors (Lipinski definition) is 9. The van der Waals surface area contributed by atoms with Crippen molar-refractivity contribution >= 4 is 58.2 Å². The van der Waals surface area contributed by atoms with Crippen LogP contribution in [0.2, 0.25) is 5.02 Å². The molecule has 2 saturated carbocycles. The summed E-state index contributed by atoms with van der Waals surface area (Å²) < 4.78 is 6.51. The number of carbonyl (C=O) groups excluding carboxylic acids is 5. The molecule has 13 nitrogen and oxygen atoms in total. The lowest BCUT2D eigenvalue weighted by atomic mass is 9.49. The largest absolute Gasteiger partial charge is 0.489 e. The first-order valence-corrected chi connectivity index (χ1v) is 21.4. The fourth-order valence-electron chi connectivity index (χ4n) is 12.2. The van der Waals surface area contributed by atoms with Gasteiger partial charge >= 0.3 is 0 Å². The summed E-state index contributed by atoms with van der Waals surface area (Å²) >= 11 is 6.32. The fourth-order valence-corrected chi connectivity index (χ4v) is 12.4. The number of hydrogen-bond donors (Lipinski definition) is 1. The van der Waals surface area contributed by atoms with Gasteiger partial charge in [0.05, 0.1) is 22.7 Å². The van der Waals surface area contributed by atoms with E-state index in [9.17, 15) is 24.0 Å². The van der Waals surface area contributed by atoms with Crippen LogP contribution in [-0.2, 0) is 16.1 Å². The summed E-state index contributed by atoms with van der Waals surface area (Å²) in [4.78, 5) is 78.8. The van der Waals surface area contributed by atoms with E-state index in [1.165, 1.54) is 0 Å². The van der Waals surface area contributed by atoms with Gasteiger partial charge < -0.3 is 19.4 Å². The molecule has 0 aromatic heterocycles. The molecule has 0 radical (unpaired) electrons. The van der Waals surface area contributed by atoms with Crippen molar-refractivity contribution in [3.05, 3.63) is 93.3 Å². The normalized spacial score (nSPS) is 26.6. The number of nitrogens with one attached hydrogen (secondary N) is 1. The van der Waals surface area contributed by atoms with Crippen molar-refractivity contribution in [2.24, 2.45) is 10.8 Å². The predicted molar refractivity (Wildman–Crippen MR) is 224 cm³/mol. The van der Waals surface area contributed by atoms with Gasteiger partial charge in [0.25, 0.3) is 17.7 Å². The summed E-state index contributed by atoms with van der Waals surface area (Å²) in [6, 6.07) is 16.4. The number of imide groups is 2. The van der Waals surface area contributed by atoms with Gasteiger partial charge in [-0.15, -0.1) is 0 Å². The summed E-state index contributed by atoms with van der Waals surface area (Å²) in [6.45, 7) is 21.1. The summed E-state index contributed by atoms with van der Waals surface area (Å²) in [5.41, 5.74) is 4.30. The van der Waals surface area contributed by atoms with Crippen molar-refractivity contribution < 1.29 is 28.7 Å². The van der Waals surface area contributed by atoms with Crippen LogP contribution in [0.1, 0.15) is 96.4 Å². The average Bonchev–Trinajstić information content (AvgIpc) is 3.63. The van der Waals surface area contributed by atoms with Crippen LogP contribution in [0.4, 0.5) is 17.1 Å². The van der Waals surface area contributed by atoms with Gasteiger partial charge in [-0.25, -0.2) is 4.85 Å². The molecule has 3 aromatic rings. The molecule has 0 bridgehead atoms. The van der Waals surface area contributed by atoms with Gasteiger partial charge in [-0.05, 0) is 79.8 Å². The Balaban J connectivity index is 0.748. The molecule has 5 heterocycles. The summed E-state index contributed by atoms with van der Waals surface area (Å²) in [7, 11) is 0. The van der Waals surface area contributed by atoms with Crippen molar-refractivity contribution in [3.8, 4) is 5.75 Å². The molecule has 60 heavy (non-hydrogen) atoms. The maximum absolute atomic E-state index is 14.0. The van der Waals surface area contributed by atoms with Crippen molar-refractivity contribution in [1.82, 2.24) is 20.0 Å². The van der Waals surface area contributed by atoms with Gasteiger partial charge in [-0.1, -0.05) is 45.4 Å². The number of carbonyl (C=O) groups is 5. The van der Waals surface area contributed by atoms with E-state index in [2.05, 4.69) is 64.7 Å². The second-order valence-corrected chi connectivity index (χ2v) is 19.3. The third-order valence-electron chi connectivity index (χ3n) is 14.8. The lowest BCUT2D eigenvalue weighted by Gasteiger charge is -2.65. The Labute approximate surface area is 354 Å². The fraction of sp³-hybridized carbons (Fsp3) is 0.478. The van der Waals surface area contributed by atoms with Crippen LogP contribution in [0.25, 0.3) is 4.85 Å². The van der Waals surface area contributed by atoms with Crippen LogP contribution in [0, 0.1) is 17.4 Å². The minimum absolute atomic E-state index is 0.0391. The molecule has 1 atom stereocenters. The Kier molecular flexibility index (Phi) is 8.73. The quantitative estimate of drug-likeness (QED) is 0.223. The van der Waals surface area contributed by atoms with Gasteiger partial charge in [0.15, 0.2) is 0 Å². The molecule has 3 aromatic carbocycles. The number of fused-ring (bicyclic) bond motifs is 2. The van der Waals surface area contributed by atoms with E-state index in [1.54, 1.807) is 24.3 Å². The van der Waals surface area contributed by atoms with Crippen molar-refractivity contribution in [3.63, 3.8) is 0 Å². The number of amides is 5. The SMILES string of the molecule is [C-]#[N+]c1ccc(OC2C(C)(C)C(N3Cc4cc(N5CCN(C6CC7(CCN7c7ccc8c(c7)C(=O)N(C7CCC(=O)NC7=O)C8=O)C6)CC5)ccc4C3=O)C2(C)C)cc1Cl. The van der Waals surface area contributed by atoms with Crippen LogP contribution in [0.3, 0.4) is 0 Å². The predicted octanol–water partition coefficient (Wildman–Crippen LogP) is 6.06. The zero-order chi connectivity index (χ0) is 42.0. The van der Waals surface area contributed by atoms with Gasteiger partial charge in [0.1, 0.15) is 17.9 Å². The van der Waals surface area contributed by atoms with E-state index in [1.807, 2.05) is 23.1 Å². The Hall–Kier alpha value is -5.45. The molecular formula is C46H48ClN7O6. The molecule has 310 valence electrons. The molecule has 2 aliphatic carbocycles. The molecule has 14 heteroatoms. The number of rotatable bonds is 7. The van der Waals surface area contributed by atoms with Crippen molar-refractivity contribution in [2.45, 2.75) is 96.1 Å². The standard InChI is InChI=1S/C46H48ClN7O6/c1-44(2)42(45(3,4)43(44)60-30-8-11-35(48-5)34(47)22-30)52-25-26-20-27(6-9-31(26)39(52)57)50-16-18-51(19-17-50)29-23-46(24-29)14-15-53(46)28-7-10-32-33(21-28)41(59)54(40(32)58)36-12-13-37(55)49-38(36)56/h6-11,20-22,29,36,42-43H,12-19,23-25H2,1-4H3,(H,49,55,56). The van der Waals surface area contributed by atoms with Crippen LogP contribution in [0.15, 0.2) is 54.6 Å². The van der Waals surface area contributed by atoms with Crippen molar-refractivity contribution in [2.75, 3.05) is 42.5 Å². The number of ether oxygens (including phenoxy) is 1. The van der Waals surface area contributed by atoms with Crippen molar-refractivity contribution in [1.29, 1.82) is 0 Å². The zero-order valence-electron chi connectivity index (χ0n) is 34.3. The monoisotopic (exact) mass is 829 g/mol. The molecule has 1 N–H and O–H groups in total. The Bertz CT molecular complexity index is 2430. The van der Waals surface area contributed by atoms with Gasteiger partial charge in [0.2, 0.25) is 17.5 Å². The van der Waals surface area contributed by atoms with Crippen LogP contribution >= 0.6 is 11.6 Å². The highest BCUT2D eigenvalue weighted by Crippen LogP contribution is 2.59. The molecular weight excluding hydrogens is 782 g/mol. The molecule has 1 spiro atoms. The first-order valence-electron chi connectivity index (χ1n) is 21.0. The van der Waals surface area contributed by atoms with Crippen LogP contribution < -0.4 is 19.9 Å². The number of anilines is 2. The molecule has 5 aliphatic heterocycles. The highest BCUT2D eigenvalue weighted by Gasteiger charge is 2.67. The van der Waals surface area contributed by atoms with Crippen LogP contribution in [-0.4, -0.2) is 107 Å². The Morgan fingerprint density at radius 3 is 2.17 bits per heavy atom. The highest BCUT2D eigenvalue weighted by molar-refractivity contribution is 6.33. The number of benzene rings is 3. The highest BCUT2D eigenvalue weighted by atomic mass is 35.5.